The van der Waals surface area contributed by atoms with Crippen molar-refractivity contribution in [2.75, 3.05) is 11.9 Å². The summed E-state index contributed by atoms with van der Waals surface area (Å²) in [5, 5.41) is 6.73. The second-order valence-corrected chi connectivity index (χ2v) is 8.65. The Hall–Kier alpha value is -4.56. The topological polar surface area (TPSA) is 94.1 Å². The van der Waals surface area contributed by atoms with E-state index in [-0.39, 0.29) is 23.8 Å². The smallest absolute Gasteiger partial charge is 0.365 e. The summed E-state index contributed by atoms with van der Waals surface area (Å²) < 4.78 is 6.36. The first-order valence-corrected chi connectivity index (χ1v) is 12.0. The van der Waals surface area contributed by atoms with Crippen molar-refractivity contribution in [3.8, 4) is 0 Å². The fourth-order valence-electron chi connectivity index (χ4n) is 3.29. The molecule has 0 aromatic heterocycles. The zero-order chi connectivity index (χ0) is 26.0. The van der Waals surface area contributed by atoms with Gasteiger partial charge in [0, 0.05) is 15.6 Å². The van der Waals surface area contributed by atoms with Crippen molar-refractivity contribution >= 4 is 45.2 Å². The molecule has 0 aliphatic rings. The Morgan fingerprint density at radius 1 is 0.676 bits per heavy atom. The lowest BCUT2D eigenvalue weighted by Crippen LogP contribution is -2.19. The quantitative estimate of drug-likeness (QED) is 0.122. The van der Waals surface area contributed by atoms with Crippen LogP contribution in [-0.4, -0.2) is 30.2 Å². The van der Waals surface area contributed by atoms with E-state index in [2.05, 4.69) is 26.4 Å². The fraction of sp³-hybridized carbons (Fsp3) is 0.0345. The lowest BCUT2D eigenvalue weighted by molar-refractivity contribution is 0.0505. The highest BCUT2D eigenvalue weighted by molar-refractivity contribution is 9.10. The van der Waals surface area contributed by atoms with E-state index in [4.69, 9.17) is 9.57 Å². The highest BCUT2D eigenvalue weighted by Gasteiger charge is 2.17. The van der Waals surface area contributed by atoms with E-state index in [9.17, 15) is 14.4 Å². The van der Waals surface area contributed by atoms with E-state index in [0.29, 0.717) is 22.4 Å². The zero-order valence-electron chi connectivity index (χ0n) is 19.5. The highest BCUT2D eigenvalue weighted by Crippen LogP contribution is 2.18. The summed E-state index contributed by atoms with van der Waals surface area (Å²) in [5.74, 6) is -1.68. The Balaban J connectivity index is 1.50. The van der Waals surface area contributed by atoms with Crippen molar-refractivity contribution in [1.29, 1.82) is 0 Å². The number of carbonyl (C=O) groups excluding carboxylic acids is 3. The van der Waals surface area contributed by atoms with Crippen LogP contribution in [0, 0.1) is 0 Å². The Labute approximate surface area is 221 Å². The van der Waals surface area contributed by atoms with Crippen LogP contribution >= 0.6 is 15.9 Å². The molecule has 184 valence electrons. The van der Waals surface area contributed by atoms with E-state index in [1.54, 1.807) is 103 Å². The maximum absolute atomic E-state index is 13.0. The van der Waals surface area contributed by atoms with Gasteiger partial charge in [-0.15, -0.1) is 0 Å². The Morgan fingerprint density at radius 3 is 1.95 bits per heavy atom. The predicted octanol–water partition coefficient (Wildman–Crippen LogP) is 6.12. The third kappa shape index (κ3) is 6.99. The lowest BCUT2D eigenvalue weighted by Gasteiger charge is -2.12. The van der Waals surface area contributed by atoms with Crippen LogP contribution in [0.1, 0.15) is 36.6 Å². The van der Waals surface area contributed by atoms with Crippen LogP contribution in [0.4, 0.5) is 5.69 Å². The van der Waals surface area contributed by atoms with Gasteiger partial charge in [0.25, 0.3) is 5.91 Å². The van der Waals surface area contributed by atoms with Gasteiger partial charge in [-0.1, -0.05) is 81.7 Å². The van der Waals surface area contributed by atoms with E-state index in [1.807, 2.05) is 6.07 Å². The molecule has 0 fully saturated rings. The Morgan fingerprint density at radius 2 is 1.27 bits per heavy atom. The molecule has 0 saturated heterocycles. The van der Waals surface area contributed by atoms with E-state index >= 15 is 0 Å². The molecule has 0 heterocycles. The molecule has 4 aromatic carbocycles. The molecule has 8 heteroatoms. The molecule has 0 bridgehead atoms. The molecule has 0 spiro atoms. The molecule has 4 aromatic rings. The number of carbonyl (C=O) groups is 3. The molecule has 0 radical (unpaired) electrons. The van der Waals surface area contributed by atoms with Crippen LogP contribution in [0.3, 0.4) is 0 Å². The molecule has 4 rings (SSSR count). The van der Waals surface area contributed by atoms with E-state index < -0.39 is 11.9 Å². The van der Waals surface area contributed by atoms with Gasteiger partial charge < -0.3 is 14.9 Å². The molecule has 0 unspecified atom stereocenters. The van der Waals surface area contributed by atoms with Crippen molar-refractivity contribution in [2.24, 2.45) is 5.16 Å². The lowest BCUT2D eigenvalue weighted by atomic mass is 10.1. The number of nitrogens with one attached hydrogen (secondary N) is 1. The van der Waals surface area contributed by atoms with Crippen molar-refractivity contribution in [2.45, 2.75) is 0 Å². The SMILES string of the molecule is O=C(Nc1ccccc1C(=O)OCC(=NOC(=O)c1ccccc1)c1ccc(Br)cc1)c1ccccc1. The van der Waals surface area contributed by atoms with E-state index in [1.165, 1.54) is 0 Å². The molecular weight excluding hydrogens is 536 g/mol. The molecule has 0 atom stereocenters. The normalized spacial score (nSPS) is 10.9. The van der Waals surface area contributed by atoms with Gasteiger partial charge in [0.05, 0.1) is 16.8 Å². The molecule has 1 N–H and O–H groups in total. The van der Waals surface area contributed by atoms with Gasteiger partial charge in [0.1, 0.15) is 12.3 Å². The Bertz CT molecular complexity index is 1420. The largest absolute Gasteiger partial charge is 0.455 e. The van der Waals surface area contributed by atoms with Gasteiger partial charge in [0.15, 0.2) is 0 Å². The van der Waals surface area contributed by atoms with Crippen molar-refractivity contribution < 1.29 is 24.0 Å². The van der Waals surface area contributed by atoms with Crippen LogP contribution in [-0.2, 0) is 9.57 Å². The molecule has 1 amide bonds. The van der Waals surface area contributed by atoms with Gasteiger partial charge in [-0.2, -0.15) is 0 Å². The maximum atomic E-state index is 13.0. The van der Waals surface area contributed by atoms with Crippen LogP contribution in [0.25, 0.3) is 0 Å². The minimum absolute atomic E-state index is 0.170. The number of hydrogen-bond donors (Lipinski definition) is 1. The third-order valence-corrected chi connectivity index (χ3v) is 5.73. The molecular formula is C29H21BrN2O5. The van der Waals surface area contributed by atoms with Crippen molar-refractivity contribution in [3.63, 3.8) is 0 Å². The number of hydrogen-bond acceptors (Lipinski definition) is 6. The summed E-state index contributed by atoms with van der Waals surface area (Å²) in [7, 11) is 0. The summed E-state index contributed by atoms with van der Waals surface area (Å²) in [6.07, 6.45) is 0. The summed E-state index contributed by atoms with van der Waals surface area (Å²) in [6, 6.07) is 30.7. The Kier molecular flexibility index (Phi) is 8.57. The number of ether oxygens (including phenoxy) is 1. The molecule has 37 heavy (non-hydrogen) atoms. The van der Waals surface area contributed by atoms with Crippen molar-refractivity contribution in [1.82, 2.24) is 0 Å². The minimum Gasteiger partial charge on any atom is -0.455 e. The highest BCUT2D eigenvalue weighted by atomic mass is 79.9. The first-order valence-electron chi connectivity index (χ1n) is 11.2. The number of esters is 1. The molecule has 0 aliphatic heterocycles. The number of rotatable bonds is 8. The summed E-state index contributed by atoms with van der Waals surface area (Å²) in [4.78, 5) is 43.1. The first kappa shape index (κ1) is 25.5. The van der Waals surface area contributed by atoms with Gasteiger partial charge in [-0.25, -0.2) is 9.59 Å². The zero-order valence-corrected chi connectivity index (χ0v) is 21.1. The van der Waals surface area contributed by atoms with Gasteiger partial charge in [-0.05, 0) is 48.5 Å². The monoisotopic (exact) mass is 556 g/mol. The molecule has 7 nitrogen and oxygen atoms in total. The summed E-state index contributed by atoms with van der Waals surface area (Å²) in [5.41, 5.74) is 2.10. The standard InChI is InChI=1S/C29H21BrN2O5/c30-23-17-15-20(16-18-23)26(32-37-28(34)22-11-5-2-6-12-22)19-36-29(35)24-13-7-8-14-25(24)31-27(33)21-9-3-1-4-10-21/h1-18H,19H2,(H,31,33). The summed E-state index contributed by atoms with van der Waals surface area (Å²) >= 11 is 3.38. The number of benzene rings is 4. The molecule has 0 aliphatic carbocycles. The first-order chi connectivity index (χ1) is 18.0. The number of oxime groups is 1. The average molecular weight is 557 g/mol. The third-order valence-electron chi connectivity index (χ3n) is 5.20. The fourth-order valence-corrected chi connectivity index (χ4v) is 3.56. The number of para-hydroxylation sites is 1. The van der Waals surface area contributed by atoms with Crippen LogP contribution in [0.2, 0.25) is 0 Å². The minimum atomic E-state index is -0.678. The van der Waals surface area contributed by atoms with Gasteiger partial charge in [-0.3, -0.25) is 4.79 Å². The number of anilines is 1. The van der Waals surface area contributed by atoms with Crippen LogP contribution in [0.15, 0.2) is 119 Å². The summed E-state index contributed by atoms with van der Waals surface area (Å²) in [6.45, 7) is -0.274. The van der Waals surface area contributed by atoms with Crippen molar-refractivity contribution in [3.05, 3.63) is 136 Å². The van der Waals surface area contributed by atoms with Gasteiger partial charge in [0.2, 0.25) is 0 Å². The second-order valence-electron chi connectivity index (χ2n) is 7.73. The average Bonchev–Trinajstić information content (AvgIpc) is 2.94. The van der Waals surface area contributed by atoms with E-state index in [0.717, 1.165) is 4.47 Å². The van der Waals surface area contributed by atoms with Crippen LogP contribution < -0.4 is 5.32 Å². The molecule has 0 saturated carbocycles. The maximum Gasteiger partial charge on any atom is 0.365 e. The predicted molar refractivity (Wildman–Crippen MR) is 144 cm³/mol. The second kappa shape index (κ2) is 12.4. The number of amides is 1. The van der Waals surface area contributed by atoms with Crippen LogP contribution in [0.5, 0.6) is 0 Å². The van der Waals surface area contributed by atoms with Gasteiger partial charge >= 0.3 is 11.9 Å². The number of nitrogens with zero attached hydrogens (tertiary/aromatic N) is 1. The number of halogens is 1.